The molecule has 0 heterocycles. The summed E-state index contributed by atoms with van der Waals surface area (Å²) < 4.78 is 5.76. The van der Waals surface area contributed by atoms with Gasteiger partial charge < -0.3 is 15.8 Å². The highest BCUT2D eigenvalue weighted by Gasteiger charge is 2.24. The van der Waals surface area contributed by atoms with Gasteiger partial charge in [-0.3, -0.25) is 0 Å². The van der Waals surface area contributed by atoms with Crippen LogP contribution in [0.4, 0.5) is 11.4 Å². The van der Waals surface area contributed by atoms with Crippen LogP contribution in [-0.2, 0) is 0 Å². The van der Waals surface area contributed by atoms with E-state index >= 15 is 0 Å². The summed E-state index contributed by atoms with van der Waals surface area (Å²) in [7, 11) is 0. The molecule has 112 valence electrons. The van der Waals surface area contributed by atoms with Crippen LogP contribution in [0.25, 0.3) is 0 Å². The van der Waals surface area contributed by atoms with Gasteiger partial charge in [0.15, 0.2) is 0 Å². The lowest BCUT2D eigenvalue weighted by molar-refractivity contribution is 0.244. The topological polar surface area (TPSA) is 47.3 Å². The Morgan fingerprint density at radius 1 is 1.30 bits per heavy atom. The first kappa shape index (κ1) is 15.0. The Morgan fingerprint density at radius 3 is 2.75 bits per heavy atom. The van der Waals surface area contributed by atoms with E-state index in [9.17, 15) is 0 Å². The van der Waals surface area contributed by atoms with Crippen LogP contribution in [0.1, 0.15) is 52.9 Å². The Labute approximate surface area is 122 Å². The molecule has 1 aromatic rings. The van der Waals surface area contributed by atoms with Crippen molar-refractivity contribution in [1.29, 1.82) is 0 Å². The number of nitrogens with two attached hydrogens (primary N) is 1. The van der Waals surface area contributed by atoms with Crippen molar-refractivity contribution >= 4 is 11.4 Å². The molecule has 0 spiro atoms. The van der Waals surface area contributed by atoms with E-state index in [1.807, 2.05) is 26.0 Å². The van der Waals surface area contributed by atoms with E-state index in [-0.39, 0.29) is 6.10 Å². The first-order chi connectivity index (χ1) is 9.61. The van der Waals surface area contributed by atoms with Crippen LogP contribution < -0.4 is 15.8 Å². The van der Waals surface area contributed by atoms with Crippen LogP contribution in [0.3, 0.4) is 0 Å². The molecule has 2 atom stereocenters. The van der Waals surface area contributed by atoms with Gasteiger partial charge in [0.1, 0.15) is 5.75 Å². The van der Waals surface area contributed by atoms with E-state index in [1.165, 1.54) is 32.1 Å². The van der Waals surface area contributed by atoms with E-state index in [4.69, 9.17) is 10.5 Å². The predicted octanol–water partition coefficient (Wildman–Crippen LogP) is 4.44. The molecule has 20 heavy (non-hydrogen) atoms. The lowest BCUT2D eigenvalue weighted by Gasteiger charge is -2.32. The molecule has 0 amide bonds. The number of hydrogen-bond acceptors (Lipinski definition) is 3. The number of benzene rings is 1. The summed E-state index contributed by atoms with van der Waals surface area (Å²) in [6.07, 6.45) is 6.63. The van der Waals surface area contributed by atoms with Gasteiger partial charge >= 0.3 is 0 Å². The van der Waals surface area contributed by atoms with Crippen LogP contribution in [0, 0.1) is 5.92 Å². The van der Waals surface area contributed by atoms with Gasteiger partial charge in [0.25, 0.3) is 0 Å². The van der Waals surface area contributed by atoms with E-state index in [0.717, 1.165) is 23.0 Å². The number of nitrogen functional groups attached to an aromatic ring is 1. The molecule has 1 aliphatic carbocycles. The molecule has 3 heteroatoms. The highest BCUT2D eigenvalue weighted by Crippen LogP contribution is 2.34. The van der Waals surface area contributed by atoms with Crippen molar-refractivity contribution in [2.75, 3.05) is 11.1 Å². The minimum Gasteiger partial charge on any atom is -0.489 e. The molecule has 0 aromatic heterocycles. The zero-order valence-corrected chi connectivity index (χ0v) is 13.0. The second-order valence-electron chi connectivity index (χ2n) is 6.09. The SMILES string of the molecule is CCC1CCCCC1Nc1cccc(OC(C)C)c1N. The fraction of sp³-hybridized carbons (Fsp3) is 0.647. The van der Waals surface area contributed by atoms with Gasteiger partial charge in [0.05, 0.1) is 17.5 Å². The second-order valence-corrected chi connectivity index (χ2v) is 6.09. The average Bonchev–Trinajstić information content (AvgIpc) is 2.43. The smallest absolute Gasteiger partial charge is 0.144 e. The highest BCUT2D eigenvalue weighted by atomic mass is 16.5. The van der Waals surface area contributed by atoms with Crippen LogP contribution in [0.15, 0.2) is 18.2 Å². The number of rotatable bonds is 5. The largest absolute Gasteiger partial charge is 0.489 e. The molecular formula is C17H28N2O. The Balaban J connectivity index is 2.12. The van der Waals surface area contributed by atoms with Gasteiger partial charge in [-0.2, -0.15) is 0 Å². The number of anilines is 2. The van der Waals surface area contributed by atoms with Crippen molar-refractivity contribution in [2.45, 2.75) is 65.0 Å². The number of nitrogens with one attached hydrogen (secondary N) is 1. The van der Waals surface area contributed by atoms with E-state index in [0.29, 0.717) is 6.04 Å². The maximum absolute atomic E-state index is 6.25. The maximum Gasteiger partial charge on any atom is 0.144 e. The summed E-state index contributed by atoms with van der Waals surface area (Å²) in [5.74, 6) is 1.55. The molecule has 0 radical (unpaired) electrons. The summed E-state index contributed by atoms with van der Waals surface area (Å²) in [5, 5.41) is 3.66. The number of para-hydroxylation sites is 1. The fourth-order valence-electron chi connectivity index (χ4n) is 3.11. The molecule has 1 aromatic carbocycles. The molecule has 1 aliphatic rings. The third-order valence-corrected chi connectivity index (χ3v) is 4.20. The van der Waals surface area contributed by atoms with Crippen LogP contribution >= 0.6 is 0 Å². The van der Waals surface area contributed by atoms with Crippen molar-refractivity contribution in [3.63, 3.8) is 0 Å². The van der Waals surface area contributed by atoms with Crippen molar-refractivity contribution in [3.05, 3.63) is 18.2 Å². The molecule has 0 bridgehead atoms. The summed E-state index contributed by atoms with van der Waals surface area (Å²) in [4.78, 5) is 0. The summed E-state index contributed by atoms with van der Waals surface area (Å²) in [6.45, 7) is 6.33. The Morgan fingerprint density at radius 2 is 2.05 bits per heavy atom. The third-order valence-electron chi connectivity index (χ3n) is 4.20. The van der Waals surface area contributed by atoms with E-state index in [2.05, 4.69) is 18.3 Å². The predicted molar refractivity (Wildman–Crippen MR) is 86.3 cm³/mol. The van der Waals surface area contributed by atoms with Gasteiger partial charge in [0, 0.05) is 6.04 Å². The number of hydrogen-bond donors (Lipinski definition) is 2. The van der Waals surface area contributed by atoms with Crippen molar-refractivity contribution in [2.24, 2.45) is 5.92 Å². The first-order valence-corrected chi connectivity index (χ1v) is 7.93. The van der Waals surface area contributed by atoms with Crippen molar-refractivity contribution in [1.82, 2.24) is 0 Å². The standard InChI is InChI=1S/C17H28N2O/c1-4-13-8-5-6-9-14(13)19-15-10-7-11-16(17(15)18)20-12(2)3/h7,10-14,19H,4-6,8-9,18H2,1-3H3. The van der Waals surface area contributed by atoms with Crippen LogP contribution in [0.2, 0.25) is 0 Å². The lowest BCUT2D eigenvalue weighted by Crippen LogP contribution is -2.32. The number of ether oxygens (including phenoxy) is 1. The van der Waals surface area contributed by atoms with Crippen LogP contribution in [-0.4, -0.2) is 12.1 Å². The average molecular weight is 276 g/mol. The molecule has 3 N–H and O–H groups in total. The molecule has 1 fully saturated rings. The fourth-order valence-corrected chi connectivity index (χ4v) is 3.11. The molecular weight excluding hydrogens is 248 g/mol. The Bertz CT molecular complexity index is 431. The minimum absolute atomic E-state index is 0.144. The van der Waals surface area contributed by atoms with Gasteiger partial charge in [-0.05, 0) is 44.7 Å². The monoisotopic (exact) mass is 276 g/mol. The van der Waals surface area contributed by atoms with Gasteiger partial charge in [-0.15, -0.1) is 0 Å². The zero-order valence-electron chi connectivity index (χ0n) is 13.0. The Hall–Kier alpha value is -1.38. The summed E-state index contributed by atoms with van der Waals surface area (Å²) in [5.41, 5.74) is 8.01. The minimum atomic E-state index is 0.144. The van der Waals surface area contributed by atoms with Crippen LogP contribution in [0.5, 0.6) is 5.75 Å². The quantitative estimate of drug-likeness (QED) is 0.782. The van der Waals surface area contributed by atoms with E-state index in [1.54, 1.807) is 0 Å². The molecule has 0 aliphatic heterocycles. The van der Waals surface area contributed by atoms with Gasteiger partial charge in [-0.1, -0.05) is 32.3 Å². The Kier molecular flexibility index (Phi) is 5.16. The second kappa shape index (κ2) is 6.87. The zero-order chi connectivity index (χ0) is 14.5. The molecule has 2 unspecified atom stereocenters. The third kappa shape index (κ3) is 3.59. The molecule has 2 rings (SSSR count). The highest BCUT2D eigenvalue weighted by molar-refractivity contribution is 5.73. The van der Waals surface area contributed by atoms with Crippen molar-refractivity contribution in [3.8, 4) is 5.75 Å². The van der Waals surface area contributed by atoms with E-state index < -0.39 is 0 Å². The summed E-state index contributed by atoms with van der Waals surface area (Å²) in [6, 6.07) is 6.56. The molecule has 0 saturated heterocycles. The maximum atomic E-state index is 6.25. The lowest BCUT2D eigenvalue weighted by atomic mass is 9.83. The molecule has 3 nitrogen and oxygen atoms in total. The summed E-state index contributed by atoms with van der Waals surface area (Å²) >= 11 is 0. The van der Waals surface area contributed by atoms with Crippen molar-refractivity contribution < 1.29 is 4.74 Å². The van der Waals surface area contributed by atoms with Gasteiger partial charge in [-0.25, -0.2) is 0 Å². The first-order valence-electron chi connectivity index (χ1n) is 7.93. The normalized spacial score (nSPS) is 22.8. The van der Waals surface area contributed by atoms with Gasteiger partial charge in [0.2, 0.25) is 0 Å². The molecule has 1 saturated carbocycles.